The standard InChI is InChI=1S/C5H13N3O/c1-3-9-4(2)5(6)8-7/h4H,3,7H2,1-2H3,(H2,6,8). The average Bonchev–Trinajstić information content (AvgIpc) is 1.87. The Morgan fingerprint density at radius 3 is 2.67 bits per heavy atom. The van der Waals surface area contributed by atoms with Crippen molar-refractivity contribution < 1.29 is 4.74 Å². The maximum absolute atomic E-state index is 5.30. The van der Waals surface area contributed by atoms with Crippen LogP contribution in [0.3, 0.4) is 0 Å². The van der Waals surface area contributed by atoms with Crippen LogP contribution in [0, 0.1) is 0 Å². The number of nitrogens with zero attached hydrogens (tertiary/aromatic N) is 1. The van der Waals surface area contributed by atoms with Crippen molar-refractivity contribution in [2.24, 2.45) is 16.7 Å². The van der Waals surface area contributed by atoms with Gasteiger partial charge in [-0.15, -0.1) is 0 Å². The van der Waals surface area contributed by atoms with E-state index in [-0.39, 0.29) is 6.10 Å². The fourth-order valence-electron chi connectivity index (χ4n) is 0.440. The van der Waals surface area contributed by atoms with Gasteiger partial charge in [-0.05, 0) is 13.8 Å². The summed E-state index contributed by atoms with van der Waals surface area (Å²) in [6.07, 6.45) is -0.167. The zero-order valence-corrected chi connectivity index (χ0v) is 5.79. The normalized spacial score (nSPS) is 15.6. The van der Waals surface area contributed by atoms with E-state index in [9.17, 15) is 0 Å². The molecule has 0 amide bonds. The average molecular weight is 131 g/mol. The Balaban J connectivity index is 3.59. The van der Waals surface area contributed by atoms with Crippen molar-refractivity contribution in [1.29, 1.82) is 0 Å². The zero-order chi connectivity index (χ0) is 7.28. The van der Waals surface area contributed by atoms with Crippen LogP contribution >= 0.6 is 0 Å². The summed E-state index contributed by atoms with van der Waals surface area (Å²) in [5, 5.41) is 3.28. The predicted octanol–water partition coefficient (Wildman–Crippen LogP) is -0.358. The van der Waals surface area contributed by atoms with Gasteiger partial charge in [0.15, 0.2) is 0 Å². The van der Waals surface area contributed by atoms with Crippen LogP contribution in [0.15, 0.2) is 5.10 Å². The molecular weight excluding hydrogens is 118 g/mol. The summed E-state index contributed by atoms with van der Waals surface area (Å²) < 4.78 is 5.06. The smallest absolute Gasteiger partial charge is 0.148 e. The Morgan fingerprint density at radius 1 is 1.78 bits per heavy atom. The molecule has 0 spiro atoms. The van der Waals surface area contributed by atoms with Crippen molar-refractivity contribution >= 4 is 5.84 Å². The number of amidine groups is 1. The second-order valence-electron chi connectivity index (χ2n) is 1.65. The molecular formula is C5H13N3O. The summed E-state index contributed by atoms with van der Waals surface area (Å²) >= 11 is 0. The van der Waals surface area contributed by atoms with Crippen molar-refractivity contribution in [3.05, 3.63) is 0 Å². The molecule has 0 rings (SSSR count). The molecule has 0 aromatic heterocycles. The minimum atomic E-state index is -0.167. The van der Waals surface area contributed by atoms with E-state index >= 15 is 0 Å². The number of hydrogen-bond acceptors (Lipinski definition) is 3. The minimum Gasteiger partial charge on any atom is -0.384 e. The van der Waals surface area contributed by atoms with E-state index in [1.165, 1.54) is 0 Å². The summed E-state index contributed by atoms with van der Waals surface area (Å²) in [4.78, 5) is 0. The molecule has 4 N–H and O–H groups in total. The molecule has 4 heteroatoms. The quantitative estimate of drug-likeness (QED) is 0.238. The van der Waals surface area contributed by atoms with Crippen molar-refractivity contribution in [3.63, 3.8) is 0 Å². The largest absolute Gasteiger partial charge is 0.384 e. The van der Waals surface area contributed by atoms with Crippen molar-refractivity contribution in [2.45, 2.75) is 20.0 Å². The molecule has 1 atom stereocenters. The van der Waals surface area contributed by atoms with E-state index in [1.807, 2.05) is 6.92 Å². The maximum Gasteiger partial charge on any atom is 0.148 e. The Bertz CT molecular complexity index is 102. The molecule has 0 saturated heterocycles. The lowest BCUT2D eigenvalue weighted by Crippen LogP contribution is -2.29. The number of hydrogen-bond donors (Lipinski definition) is 2. The number of hydrazone groups is 1. The Labute approximate surface area is 54.9 Å². The second-order valence-corrected chi connectivity index (χ2v) is 1.65. The third-order valence-electron chi connectivity index (χ3n) is 0.982. The molecule has 0 aliphatic rings. The highest BCUT2D eigenvalue weighted by molar-refractivity contribution is 5.84. The summed E-state index contributed by atoms with van der Waals surface area (Å²) in [6.45, 7) is 4.31. The molecule has 4 nitrogen and oxygen atoms in total. The van der Waals surface area contributed by atoms with Gasteiger partial charge in [0.05, 0.1) is 0 Å². The third-order valence-corrected chi connectivity index (χ3v) is 0.982. The van der Waals surface area contributed by atoms with Crippen molar-refractivity contribution in [1.82, 2.24) is 0 Å². The van der Waals surface area contributed by atoms with Gasteiger partial charge >= 0.3 is 0 Å². The summed E-state index contributed by atoms with van der Waals surface area (Å²) in [6, 6.07) is 0. The topological polar surface area (TPSA) is 73.6 Å². The lowest BCUT2D eigenvalue weighted by Gasteiger charge is -2.08. The van der Waals surface area contributed by atoms with Gasteiger partial charge in [-0.3, -0.25) is 0 Å². The first-order chi connectivity index (χ1) is 4.22. The van der Waals surface area contributed by atoms with Gasteiger partial charge in [-0.2, -0.15) is 5.10 Å². The van der Waals surface area contributed by atoms with Crippen LogP contribution in [0.2, 0.25) is 0 Å². The summed E-state index contributed by atoms with van der Waals surface area (Å²) in [7, 11) is 0. The van der Waals surface area contributed by atoms with Gasteiger partial charge in [0.25, 0.3) is 0 Å². The maximum atomic E-state index is 5.30. The molecule has 0 aliphatic carbocycles. The molecule has 0 saturated carbocycles. The number of ether oxygens (including phenoxy) is 1. The van der Waals surface area contributed by atoms with E-state index < -0.39 is 0 Å². The number of rotatable bonds is 3. The lowest BCUT2D eigenvalue weighted by molar-refractivity contribution is 0.121. The first-order valence-corrected chi connectivity index (χ1v) is 2.87. The lowest BCUT2D eigenvalue weighted by atomic mass is 10.4. The molecule has 0 aromatic rings. The molecule has 0 aromatic carbocycles. The molecule has 1 unspecified atom stereocenters. The van der Waals surface area contributed by atoms with Gasteiger partial charge in [0.2, 0.25) is 0 Å². The van der Waals surface area contributed by atoms with E-state index in [0.717, 1.165) is 0 Å². The van der Waals surface area contributed by atoms with E-state index in [1.54, 1.807) is 6.92 Å². The van der Waals surface area contributed by atoms with Crippen LogP contribution in [-0.4, -0.2) is 18.5 Å². The highest BCUT2D eigenvalue weighted by Crippen LogP contribution is 1.87. The van der Waals surface area contributed by atoms with Gasteiger partial charge in [0.1, 0.15) is 11.9 Å². The fourth-order valence-corrected chi connectivity index (χ4v) is 0.440. The van der Waals surface area contributed by atoms with Crippen LogP contribution in [0.25, 0.3) is 0 Å². The molecule has 0 fully saturated rings. The van der Waals surface area contributed by atoms with E-state index in [4.69, 9.17) is 16.3 Å². The molecule has 0 bridgehead atoms. The minimum absolute atomic E-state index is 0.167. The van der Waals surface area contributed by atoms with Crippen LogP contribution in [0.5, 0.6) is 0 Å². The fraction of sp³-hybridized carbons (Fsp3) is 0.800. The van der Waals surface area contributed by atoms with Crippen LogP contribution in [0.4, 0.5) is 0 Å². The summed E-state index contributed by atoms with van der Waals surface area (Å²) in [5.41, 5.74) is 5.30. The van der Waals surface area contributed by atoms with E-state index in [2.05, 4.69) is 5.10 Å². The van der Waals surface area contributed by atoms with Crippen molar-refractivity contribution in [3.8, 4) is 0 Å². The predicted molar refractivity (Wildman–Crippen MR) is 36.9 cm³/mol. The van der Waals surface area contributed by atoms with Gasteiger partial charge in [-0.25, -0.2) is 0 Å². The Hall–Kier alpha value is -0.770. The van der Waals surface area contributed by atoms with E-state index in [0.29, 0.717) is 12.4 Å². The summed E-state index contributed by atoms with van der Waals surface area (Å²) in [5.74, 6) is 5.22. The monoisotopic (exact) mass is 131 g/mol. The van der Waals surface area contributed by atoms with Gasteiger partial charge < -0.3 is 16.3 Å². The SMILES string of the molecule is CCOC(C)C(N)=NN. The Kier molecular flexibility index (Phi) is 3.79. The Morgan fingerprint density at radius 2 is 2.33 bits per heavy atom. The number of nitrogens with two attached hydrogens (primary N) is 2. The molecule has 0 heterocycles. The second kappa shape index (κ2) is 4.14. The molecule has 9 heavy (non-hydrogen) atoms. The van der Waals surface area contributed by atoms with Gasteiger partial charge in [0, 0.05) is 6.61 Å². The van der Waals surface area contributed by atoms with Crippen LogP contribution in [-0.2, 0) is 4.74 Å². The zero-order valence-electron chi connectivity index (χ0n) is 5.79. The van der Waals surface area contributed by atoms with Crippen molar-refractivity contribution in [2.75, 3.05) is 6.61 Å². The molecule has 54 valence electrons. The first-order valence-electron chi connectivity index (χ1n) is 2.87. The van der Waals surface area contributed by atoms with Crippen LogP contribution < -0.4 is 11.6 Å². The third kappa shape index (κ3) is 2.92. The van der Waals surface area contributed by atoms with Gasteiger partial charge in [-0.1, -0.05) is 0 Å². The van der Waals surface area contributed by atoms with Crippen LogP contribution in [0.1, 0.15) is 13.8 Å². The molecule has 0 aliphatic heterocycles. The molecule has 0 radical (unpaired) electrons. The first kappa shape index (κ1) is 8.23. The highest BCUT2D eigenvalue weighted by atomic mass is 16.5. The highest BCUT2D eigenvalue weighted by Gasteiger charge is 2.03.